The topological polar surface area (TPSA) is 70.6 Å². The standard InChI is InChI=1S/C9H18N2O3/c1-14-3-2-10-6-9(13)11-7-4-8(12)5-7/h7-8,10,12H,2-6H2,1H3,(H,11,13). The van der Waals surface area contributed by atoms with E-state index >= 15 is 0 Å². The highest BCUT2D eigenvalue weighted by Gasteiger charge is 2.27. The molecule has 0 aliphatic heterocycles. The van der Waals surface area contributed by atoms with Crippen molar-refractivity contribution >= 4 is 5.91 Å². The van der Waals surface area contributed by atoms with Gasteiger partial charge in [-0.2, -0.15) is 0 Å². The predicted octanol–water partition coefficient (Wildman–Crippen LogP) is -1.14. The van der Waals surface area contributed by atoms with Gasteiger partial charge in [0.25, 0.3) is 0 Å². The minimum Gasteiger partial charge on any atom is -0.393 e. The normalized spacial score (nSPS) is 25.6. The van der Waals surface area contributed by atoms with Crippen LogP contribution in [-0.2, 0) is 9.53 Å². The van der Waals surface area contributed by atoms with Gasteiger partial charge in [-0.25, -0.2) is 0 Å². The molecule has 0 bridgehead atoms. The van der Waals surface area contributed by atoms with Crippen LogP contribution in [0.25, 0.3) is 0 Å². The summed E-state index contributed by atoms with van der Waals surface area (Å²) < 4.78 is 4.82. The van der Waals surface area contributed by atoms with Crippen LogP contribution in [0.4, 0.5) is 0 Å². The Labute approximate surface area is 83.8 Å². The number of hydrogen-bond donors (Lipinski definition) is 3. The Bertz CT molecular complexity index is 181. The smallest absolute Gasteiger partial charge is 0.234 e. The molecule has 0 spiro atoms. The van der Waals surface area contributed by atoms with Gasteiger partial charge in [-0.15, -0.1) is 0 Å². The number of carbonyl (C=O) groups excluding carboxylic acids is 1. The van der Waals surface area contributed by atoms with Crippen LogP contribution in [0.2, 0.25) is 0 Å². The first-order valence-electron chi connectivity index (χ1n) is 4.89. The third-order valence-electron chi connectivity index (χ3n) is 2.25. The summed E-state index contributed by atoms with van der Waals surface area (Å²) in [5.41, 5.74) is 0. The number of aliphatic hydroxyl groups excluding tert-OH is 1. The Balaban J connectivity index is 1.94. The van der Waals surface area contributed by atoms with Crippen molar-refractivity contribution in [1.29, 1.82) is 0 Å². The largest absolute Gasteiger partial charge is 0.393 e. The quantitative estimate of drug-likeness (QED) is 0.476. The molecule has 0 radical (unpaired) electrons. The Morgan fingerprint density at radius 1 is 1.57 bits per heavy atom. The van der Waals surface area contributed by atoms with E-state index in [1.165, 1.54) is 0 Å². The summed E-state index contributed by atoms with van der Waals surface area (Å²) in [7, 11) is 1.62. The van der Waals surface area contributed by atoms with Crippen molar-refractivity contribution in [3.05, 3.63) is 0 Å². The molecule has 0 aromatic rings. The van der Waals surface area contributed by atoms with Crippen LogP contribution in [0.5, 0.6) is 0 Å². The average molecular weight is 202 g/mol. The van der Waals surface area contributed by atoms with Gasteiger partial charge in [0.2, 0.25) is 5.91 Å². The lowest BCUT2D eigenvalue weighted by molar-refractivity contribution is -0.122. The van der Waals surface area contributed by atoms with E-state index < -0.39 is 0 Å². The van der Waals surface area contributed by atoms with Gasteiger partial charge in [0.1, 0.15) is 0 Å². The minimum absolute atomic E-state index is 0.0157. The Kier molecular flexibility index (Phi) is 4.86. The van der Waals surface area contributed by atoms with Gasteiger partial charge in [0.05, 0.1) is 19.3 Å². The molecule has 1 rings (SSSR count). The molecule has 5 heteroatoms. The van der Waals surface area contributed by atoms with Gasteiger partial charge in [-0.05, 0) is 12.8 Å². The highest BCUT2D eigenvalue weighted by molar-refractivity contribution is 5.78. The second kappa shape index (κ2) is 5.95. The number of methoxy groups -OCH3 is 1. The van der Waals surface area contributed by atoms with Gasteiger partial charge >= 0.3 is 0 Å². The van der Waals surface area contributed by atoms with E-state index in [2.05, 4.69) is 10.6 Å². The number of carbonyl (C=O) groups is 1. The Morgan fingerprint density at radius 2 is 2.29 bits per heavy atom. The molecule has 0 saturated heterocycles. The number of hydrogen-bond acceptors (Lipinski definition) is 4. The maximum absolute atomic E-state index is 11.2. The summed E-state index contributed by atoms with van der Waals surface area (Å²) in [6, 6.07) is 0.168. The van der Waals surface area contributed by atoms with Gasteiger partial charge < -0.3 is 20.5 Å². The van der Waals surface area contributed by atoms with Gasteiger partial charge in [0, 0.05) is 19.7 Å². The van der Waals surface area contributed by atoms with E-state index in [9.17, 15) is 4.79 Å². The van der Waals surface area contributed by atoms with Gasteiger partial charge in [-0.1, -0.05) is 0 Å². The third-order valence-corrected chi connectivity index (χ3v) is 2.25. The van der Waals surface area contributed by atoms with Crippen LogP contribution >= 0.6 is 0 Å². The van der Waals surface area contributed by atoms with Crippen molar-refractivity contribution in [1.82, 2.24) is 10.6 Å². The summed E-state index contributed by atoms with van der Waals surface area (Å²) in [5, 5.41) is 14.8. The Hall–Kier alpha value is -0.650. The molecule has 1 amide bonds. The number of amides is 1. The fourth-order valence-corrected chi connectivity index (χ4v) is 1.36. The summed E-state index contributed by atoms with van der Waals surface area (Å²) in [5.74, 6) is -0.0157. The molecular formula is C9H18N2O3. The van der Waals surface area contributed by atoms with Crippen LogP contribution < -0.4 is 10.6 Å². The van der Waals surface area contributed by atoms with Crippen LogP contribution in [0.3, 0.4) is 0 Å². The number of rotatable bonds is 6. The molecule has 0 unspecified atom stereocenters. The molecule has 82 valence electrons. The second-order valence-electron chi connectivity index (χ2n) is 3.56. The van der Waals surface area contributed by atoms with Gasteiger partial charge in [-0.3, -0.25) is 4.79 Å². The Morgan fingerprint density at radius 3 is 2.86 bits per heavy atom. The maximum atomic E-state index is 11.2. The maximum Gasteiger partial charge on any atom is 0.234 e. The van der Waals surface area contributed by atoms with Crippen molar-refractivity contribution in [3.8, 4) is 0 Å². The highest BCUT2D eigenvalue weighted by atomic mass is 16.5. The third kappa shape index (κ3) is 4.04. The highest BCUT2D eigenvalue weighted by Crippen LogP contribution is 2.18. The van der Waals surface area contributed by atoms with E-state index in [0.29, 0.717) is 32.5 Å². The van der Waals surface area contributed by atoms with Crippen molar-refractivity contribution in [2.24, 2.45) is 0 Å². The number of nitrogens with one attached hydrogen (secondary N) is 2. The summed E-state index contributed by atoms with van der Waals surface area (Å²) in [4.78, 5) is 11.2. The van der Waals surface area contributed by atoms with Crippen molar-refractivity contribution in [3.63, 3.8) is 0 Å². The molecule has 14 heavy (non-hydrogen) atoms. The second-order valence-corrected chi connectivity index (χ2v) is 3.56. The summed E-state index contributed by atoms with van der Waals surface area (Å²) in [6.45, 7) is 1.60. The van der Waals surface area contributed by atoms with E-state index in [-0.39, 0.29) is 18.1 Å². The molecule has 0 aromatic carbocycles. The summed E-state index contributed by atoms with van der Waals surface area (Å²) >= 11 is 0. The van der Waals surface area contributed by atoms with Crippen LogP contribution in [-0.4, -0.2) is 50.0 Å². The van der Waals surface area contributed by atoms with E-state index in [1.807, 2.05) is 0 Å². The number of ether oxygens (including phenoxy) is 1. The zero-order chi connectivity index (χ0) is 10.4. The average Bonchev–Trinajstić information content (AvgIpc) is 2.10. The van der Waals surface area contributed by atoms with Crippen molar-refractivity contribution in [2.75, 3.05) is 26.8 Å². The van der Waals surface area contributed by atoms with Crippen LogP contribution in [0.15, 0.2) is 0 Å². The monoisotopic (exact) mass is 202 g/mol. The van der Waals surface area contributed by atoms with Crippen LogP contribution in [0, 0.1) is 0 Å². The SMILES string of the molecule is COCCNCC(=O)NC1CC(O)C1. The lowest BCUT2D eigenvalue weighted by atomic mass is 9.89. The minimum atomic E-state index is -0.221. The molecule has 0 aromatic heterocycles. The molecule has 1 saturated carbocycles. The zero-order valence-electron chi connectivity index (χ0n) is 8.45. The van der Waals surface area contributed by atoms with E-state index in [1.54, 1.807) is 7.11 Å². The molecule has 5 nitrogen and oxygen atoms in total. The first-order valence-corrected chi connectivity index (χ1v) is 4.89. The van der Waals surface area contributed by atoms with Crippen molar-refractivity contribution < 1.29 is 14.6 Å². The van der Waals surface area contributed by atoms with Gasteiger partial charge in [0.15, 0.2) is 0 Å². The molecule has 0 heterocycles. The lowest BCUT2D eigenvalue weighted by Gasteiger charge is -2.31. The molecule has 1 aliphatic rings. The fourth-order valence-electron chi connectivity index (χ4n) is 1.36. The molecule has 0 atom stereocenters. The predicted molar refractivity (Wildman–Crippen MR) is 51.9 cm³/mol. The first kappa shape index (κ1) is 11.4. The van der Waals surface area contributed by atoms with Crippen molar-refractivity contribution in [2.45, 2.75) is 25.0 Å². The number of aliphatic hydroxyl groups is 1. The van der Waals surface area contributed by atoms with E-state index in [0.717, 1.165) is 0 Å². The fraction of sp³-hybridized carbons (Fsp3) is 0.889. The molecule has 3 N–H and O–H groups in total. The van der Waals surface area contributed by atoms with E-state index in [4.69, 9.17) is 9.84 Å². The zero-order valence-corrected chi connectivity index (χ0v) is 8.45. The first-order chi connectivity index (χ1) is 6.72. The molecule has 1 aliphatic carbocycles. The molecular weight excluding hydrogens is 184 g/mol. The lowest BCUT2D eigenvalue weighted by Crippen LogP contribution is -2.49. The molecule has 1 fully saturated rings. The summed E-state index contributed by atoms with van der Waals surface area (Å²) in [6.07, 6.45) is 1.15. The van der Waals surface area contributed by atoms with Crippen LogP contribution in [0.1, 0.15) is 12.8 Å².